The van der Waals surface area contributed by atoms with Crippen molar-refractivity contribution >= 4 is 21.5 Å². The first-order valence-corrected chi connectivity index (χ1v) is 7.25. The van der Waals surface area contributed by atoms with Crippen molar-refractivity contribution in [3.63, 3.8) is 0 Å². The zero-order chi connectivity index (χ0) is 14.7. The maximum Gasteiger partial charge on any atom is 0.261 e. The van der Waals surface area contributed by atoms with Gasteiger partial charge in [0.1, 0.15) is 12.2 Å². The maximum atomic E-state index is 12.1. The molecule has 1 aromatic heterocycles. The summed E-state index contributed by atoms with van der Waals surface area (Å²) < 4.78 is 1.73. The summed E-state index contributed by atoms with van der Waals surface area (Å²) in [4.78, 5) is 16.4. The van der Waals surface area contributed by atoms with Gasteiger partial charge in [-0.2, -0.15) is 0 Å². The molecule has 104 valence electrons. The van der Waals surface area contributed by atoms with E-state index in [2.05, 4.69) is 4.99 Å². The van der Waals surface area contributed by atoms with Gasteiger partial charge in [-0.1, -0.05) is 58.0 Å². The highest BCUT2D eigenvalue weighted by Crippen LogP contribution is 2.22. The Kier molecular flexibility index (Phi) is 4.18. The molecule has 2 aromatic carbocycles. The Bertz CT molecular complexity index is 841. The number of rotatable bonds is 0. The molecule has 4 rings (SSSR count). The summed E-state index contributed by atoms with van der Waals surface area (Å²) in [6, 6.07) is 11.9. The van der Waals surface area contributed by atoms with Crippen molar-refractivity contribution in [2.75, 3.05) is 0 Å². The third-order valence-corrected chi connectivity index (χ3v) is 3.24. The van der Waals surface area contributed by atoms with E-state index in [0.717, 1.165) is 27.0 Å². The standard InChI is InChI=1S/C13H8N2O.2C2H6/c16-13-10-6-2-4-8-3-1-5-9(11(8)10)12-14-7-15(12)13;2*1-2/h1-6H,7H2;2*1-2H3. The maximum absolute atomic E-state index is 12.1. The van der Waals surface area contributed by atoms with Crippen LogP contribution in [0.5, 0.6) is 0 Å². The molecule has 3 heteroatoms. The molecule has 1 aliphatic rings. The second-order valence-corrected chi connectivity index (χ2v) is 4.07. The molecule has 0 bridgehead atoms. The summed E-state index contributed by atoms with van der Waals surface area (Å²) >= 11 is 0. The number of benzene rings is 2. The van der Waals surface area contributed by atoms with Crippen molar-refractivity contribution in [1.82, 2.24) is 4.57 Å². The molecule has 0 saturated heterocycles. The molecular weight excluding hydrogens is 248 g/mol. The predicted octanol–water partition coefficient (Wildman–Crippen LogP) is 3.52. The van der Waals surface area contributed by atoms with Crippen LogP contribution in [0.25, 0.3) is 21.5 Å². The van der Waals surface area contributed by atoms with Gasteiger partial charge < -0.3 is 0 Å². The summed E-state index contributed by atoms with van der Waals surface area (Å²) in [6.45, 7) is 8.50. The van der Waals surface area contributed by atoms with Crippen LogP contribution in [0.4, 0.5) is 0 Å². The highest BCUT2D eigenvalue weighted by Gasteiger charge is 2.15. The molecule has 1 aliphatic heterocycles. The van der Waals surface area contributed by atoms with E-state index in [4.69, 9.17) is 0 Å². The van der Waals surface area contributed by atoms with Crippen molar-refractivity contribution in [3.8, 4) is 0 Å². The van der Waals surface area contributed by atoms with Gasteiger partial charge in [0.25, 0.3) is 5.56 Å². The van der Waals surface area contributed by atoms with Crippen molar-refractivity contribution in [2.24, 2.45) is 4.99 Å². The van der Waals surface area contributed by atoms with E-state index in [1.54, 1.807) is 4.57 Å². The Hall–Kier alpha value is -2.16. The van der Waals surface area contributed by atoms with E-state index in [-0.39, 0.29) is 5.56 Å². The smallest absolute Gasteiger partial charge is 0.261 e. The van der Waals surface area contributed by atoms with Gasteiger partial charge >= 0.3 is 0 Å². The molecule has 0 unspecified atom stereocenters. The molecule has 3 nitrogen and oxygen atoms in total. The monoisotopic (exact) mass is 268 g/mol. The average molecular weight is 268 g/mol. The van der Waals surface area contributed by atoms with Crippen LogP contribution in [-0.2, 0) is 6.67 Å². The van der Waals surface area contributed by atoms with E-state index in [1.807, 2.05) is 64.1 Å². The first-order chi connectivity index (χ1) is 9.86. The van der Waals surface area contributed by atoms with Crippen LogP contribution in [0.1, 0.15) is 27.7 Å². The zero-order valence-corrected chi connectivity index (χ0v) is 12.5. The molecular formula is C17H20N2O. The van der Waals surface area contributed by atoms with Crippen LogP contribution in [0.2, 0.25) is 0 Å². The Balaban J connectivity index is 0.000000340. The largest absolute Gasteiger partial charge is 0.272 e. The summed E-state index contributed by atoms with van der Waals surface area (Å²) in [5, 5.41) is 4.04. The second kappa shape index (κ2) is 5.87. The van der Waals surface area contributed by atoms with Gasteiger partial charge in [-0.3, -0.25) is 9.36 Å². The molecule has 0 N–H and O–H groups in total. The highest BCUT2D eigenvalue weighted by atomic mass is 16.1. The van der Waals surface area contributed by atoms with E-state index in [0.29, 0.717) is 6.67 Å². The second-order valence-electron chi connectivity index (χ2n) is 4.07. The van der Waals surface area contributed by atoms with Gasteiger partial charge in [-0.25, -0.2) is 4.99 Å². The fourth-order valence-electron chi connectivity index (χ4n) is 2.45. The minimum Gasteiger partial charge on any atom is -0.272 e. The van der Waals surface area contributed by atoms with E-state index >= 15 is 0 Å². The van der Waals surface area contributed by atoms with Gasteiger partial charge in [0.2, 0.25) is 0 Å². The van der Waals surface area contributed by atoms with Crippen LogP contribution >= 0.6 is 0 Å². The third-order valence-electron chi connectivity index (χ3n) is 3.24. The lowest BCUT2D eigenvalue weighted by Crippen LogP contribution is -2.40. The first kappa shape index (κ1) is 14.3. The molecule has 0 fully saturated rings. The lowest BCUT2D eigenvalue weighted by molar-refractivity contribution is 0.569. The molecule has 20 heavy (non-hydrogen) atoms. The summed E-state index contributed by atoms with van der Waals surface area (Å²) in [5.74, 6) is 0. The summed E-state index contributed by atoms with van der Waals surface area (Å²) in [5.41, 5.74) is 0.906. The normalized spacial score (nSPS) is 11.4. The Morgan fingerprint density at radius 2 is 1.55 bits per heavy atom. The van der Waals surface area contributed by atoms with Crippen molar-refractivity contribution in [3.05, 3.63) is 52.2 Å². The highest BCUT2D eigenvalue weighted by molar-refractivity contribution is 6.09. The Morgan fingerprint density at radius 1 is 0.950 bits per heavy atom. The fourth-order valence-corrected chi connectivity index (χ4v) is 2.45. The van der Waals surface area contributed by atoms with Crippen LogP contribution < -0.4 is 11.0 Å². The van der Waals surface area contributed by atoms with Crippen molar-refractivity contribution in [2.45, 2.75) is 34.4 Å². The summed E-state index contributed by atoms with van der Waals surface area (Å²) in [6.07, 6.45) is 0. The predicted molar refractivity (Wildman–Crippen MR) is 85.2 cm³/mol. The minimum atomic E-state index is 0.0781. The number of hydrogen-bond donors (Lipinski definition) is 0. The molecule has 0 radical (unpaired) electrons. The van der Waals surface area contributed by atoms with E-state index in [1.165, 1.54) is 0 Å². The number of fused-ring (bicyclic) bond motifs is 2. The Morgan fingerprint density at radius 3 is 2.10 bits per heavy atom. The van der Waals surface area contributed by atoms with Gasteiger partial charge in [-0.05, 0) is 11.5 Å². The Labute approximate surface area is 118 Å². The van der Waals surface area contributed by atoms with Crippen LogP contribution in [0.3, 0.4) is 0 Å². The third kappa shape index (κ3) is 1.90. The first-order valence-electron chi connectivity index (χ1n) is 7.25. The lowest BCUT2D eigenvalue weighted by atomic mass is 10.0. The van der Waals surface area contributed by atoms with Gasteiger partial charge in [0.15, 0.2) is 0 Å². The molecule has 0 aliphatic carbocycles. The van der Waals surface area contributed by atoms with Gasteiger partial charge in [-0.15, -0.1) is 0 Å². The summed E-state index contributed by atoms with van der Waals surface area (Å²) in [7, 11) is 0. The van der Waals surface area contributed by atoms with Crippen molar-refractivity contribution in [1.29, 1.82) is 0 Å². The fraction of sp³-hybridized carbons (Fsp3) is 0.294. The van der Waals surface area contributed by atoms with E-state index in [9.17, 15) is 4.79 Å². The molecule has 2 heterocycles. The average Bonchev–Trinajstić information content (AvgIpc) is 2.49. The van der Waals surface area contributed by atoms with Crippen LogP contribution in [0, 0.1) is 0 Å². The molecule has 0 saturated carbocycles. The number of aromatic nitrogens is 1. The van der Waals surface area contributed by atoms with Crippen molar-refractivity contribution < 1.29 is 0 Å². The quantitative estimate of drug-likeness (QED) is 0.614. The zero-order valence-electron chi connectivity index (χ0n) is 12.5. The molecule has 0 atom stereocenters. The SMILES string of the molecule is CC.CC.O=c1c2cccc3cccc(c4n1CN=4)c32. The molecule has 0 amide bonds. The topological polar surface area (TPSA) is 34.4 Å². The van der Waals surface area contributed by atoms with Crippen LogP contribution in [0.15, 0.2) is 46.2 Å². The van der Waals surface area contributed by atoms with Crippen LogP contribution in [-0.4, -0.2) is 4.57 Å². The number of hydrogen-bond acceptors (Lipinski definition) is 2. The van der Waals surface area contributed by atoms with Gasteiger partial charge in [0.05, 0.1) is 0 Å². The van der Waals surface area contributed by atoms with E-state index < -0.39 is 0 Å². The number of pyridine rings is 1. The number of nitrogens with zero attached hydrogens (tertiary/aromatic N) is 2. The minimum absolute atomic E-state index is 0.0781. The molecule has 0 spiro atoms. The van der Waals surface area contributed by atoms with Gasteiger partial charge in [0, 0.05) is 16.2 Å². The molecule has 3 aromatic rings. The lowest BCUT2D eigenvalue weighted by Gasteiger charge is -2.15.